The molecule has 1 aliphatic heterocycles. The molecule has 0 spiro atoms. The number of hydrogen-bond donors (Lipinski definition) is 0. The number of ketones is 1. The highest BCUT2D eigenvalue weighted by atomic mass is 32.2. The summed E-state index contributed by atoms with van der Waals surface area (Å²) in [6, 6.07) is 15.5. The second kappa shape index (κ2) is 10.3. The lowest BCUT2D eigenvalue weighted by atomic mass is 9.97. The Balaban J connectivity index is 1.50. The van der Waals surface area contributed by atoms with E-state index < -0.39 is 10.0 Å². The lowest BCUT2D eigenvalue weighted by molar-refractivity contribution is -0.113. The number of aromatic nitrogens is 6. The van der Waals surface area contributed by atoms with Crippen LogP contribution in [0.15, 0.2) is 72.1 Å². The van der Waals surface area contributed by atoms with E-state index in [0.29, 0.717) is 22.5 Å². The number of carbonyl (C=O) groups excluding carboxylic acids is 1. The predicted octanol–water partition coefficient (Wildman–Crippen LogP) is 3.17. The first-order valence-electron chi connectivity index (χ1n) is 12.2. The first-order chi connectivity index (χ1) is 18.2. The number of para-hydroxylation sites is 2. The van der Waals surface area contributed by atoms with E-state index in [0.717, 1.165) is 22.5 Å². The highest BCUT2D eigenvalue weighted by Crippen LogP contribution is 2.24. The van der Waals surface area contributed by atoms with E-state index in [4.69, 9.17) is 0 Å². The predicted molar refractivity (Wildman–Crippen MR) is 144 cm³/mol. The van der Waals surface area contributed by atoms with Gasteiger partial charge in [-0.3, -0.25) is 4.79 Å². The molecule has 0 unspecified atom stereocenters. The third-order valence-corrected chi connectivity index (χ3v) is 8.20. The van der Waals surface area contributed by atoms with Crippen molar-refractivity contribution >= 4 is 28.0 Å². The van der Waals surface area contributed by atoms with Crippen molar-refractivity contribution in [2.24, 2.45) is 0 Å². The Kier molecular flexibility index (Phi) is 6.87. The highest BCUT2D eigenvalue weighted by Gasteiger charge is 2.32. The summed E-state index contributed by atoms with van der Waals surface area (Å²) in [6.07, 6.45) is 6.62. The first-order valence-corrected chi connectivity index (χ1v) is 13.8. The second-order valence-electron chi connectivity index (χ2n) is 9.09. The largest absolute Gasteiger partial charge is 0.289 e. The molecular weight excluding hydrogens is 502 g/mol. The number of nitrogens with zero attached hydrogens (tertiary/aromatic N) is 7. The number of rotatable bonds is 6. The van der Waals surface area contributed by atoms with Crippen molar-refractivity contribution < 1.29 is 13.2 Å². The van der Waals surface area contributed by atoms with E-state index in [1.54, 1.807) is 40.8 Å². The maximum Gasteiger partial charge on any atom is 0.214 e. The van der Waals surface area contributed by atoms with Crippen molar-refractivity contribution in [3.63, 3.8) is 0 Å². The summed E-state index contributed by atoms with van der Waals surface area (Å²) in [5.74, 6) is -0.335. The van der Waals surface area contributed by atoms with Crippen LogP contribution in [0.25, 0.3) is 23.5 Å². The van der Waals surface area contributed by atoms with Gasteiger partial charge in [0, 0.05) is 24.2 Å². The van der Waals surface area contributed by atoms with Gasteiger partial charge in [0.2, 0.25) is 10.0 Å². The summed E-state index contributed by atoms with van der Waals surface area (Å²) < 4.78 is 30.2. The molecule has 38 heavy (non-hydrogen) atoms. The summed E-state index contributed by atoms with van der Waals surface area (Å²) >= 11 is 0. The van der Waals surface area contributed by atoms with Crippen molar-refractivity contribution in [1.82, 2.24) is 34.3 Å². The molecule has 5 rings (SSSR count). The monoisotopic (exact) mass is 529 g/mol. The number of Topliss-reactive ketones (excluding diaryl/α,β-unsaturated/α-hetero) is 1. The zero-order chi connectivity index (χ0) is 26.9. The molecule has 3 heterocycles. The van der Waals surface area contributed by atoms with Crippen molar-refractivity contribution in [3.8, 4) is 11.4 Å². The molecule has 0 N–H and O–H groups in total. The number of hydrogen-bond acceptors (Lipinski definition) is 7. The first kappa shape index (κ1) is 25.4. The van der Waals surface area contributed by atoms with E-state index in [-0.39, 0.29) is 24.6 Å². The van der Waals surface area contributed by atoms with Crippen LogP contribution in [0.1, 0.15) is 29.4 Å². The molecule has 11 heteroatoms. The van der Waals surface area contributed by atoms with Crippen LogP contribution in [-0.2, 0) is 14.8 Å². The van der Waals surface area contributed by atoms with Gasteiger partial charge in [-0.25, -0.2) is 17.8 Å². The highest BCUT2D eigenvalue weighted by molar-refractivity contribution is 7.89. The molecule has 10 nitrogen and oxygen atoms in total. The quantitative estimate of drug-likeness (QED) is 0.352. The fraction of sp³-hybridized carbons (Fsp3) is 0.222. The zero-order valence-electron chi connectivity index (χ0n) is 21.3. The molecule has 0 atom stereocenters. The van der Waals surface area contributed by atoms with Crippen LogP contribution < -0.4 is 0 Å². The van der Waals surface area contributed by atoms with Crippen LogP contribution in [0.5, 0.6) is 0 Å². The van der Waals surface area contributed by atoms with Crippen molar-refractivity contribution in [1.29, 1.82) is 0 Å². The zero-order valence-corrected chi connectivity index (χ0v) is 22.1. The van der Waals surface area contributed by atoms with E-state index in [2.05, 4.69) is 20.6 Å². The molecule has 0 saturated carbocycles. The van der Waals surface area contributed by atoms with Gasteiger partial charge in [0.15, 0.2) is 5.78 Å². The van der Waals surface area contributed by atoms with E-state index in [1.807, 2.05) is 62.4 Å². The maximum absolute atomic E-state index is 13.5. The summed E-state index contributed by atoms with van der Waals surface area (Å²) in [4.78, 5) is 13.5. The Labute approximate surface area is 221 Å². The number of sulfonamides is 1. The fourth-order valence-electron chi connectivity index (χ4n) is 4.31. The summed E-state index contributed by atoms with van der Waals surface area (Å²) in [5.41, 5.74) is 5.31. The molecule has 1 fully saturated rings. The molecule has 0 amide bonds. The average molecular weight is 530 g/mol. The smallest absolute Gasteiger partial charge is 0.214 e. The van der Waals surface area contributed by atoms with Crippen LogP contribution in [0.4, 0.5) is 0 Å². The molecule has 1 aliphatic rings. The minimum atomic E-state index is -3.56. The minimum Gasteiger partial charge on any atom is -0.289 e. The van der Waals surface area contributed by atoms with Crippen molar-refractivity contribution in [3.05, 3.63) is 94.6 Å². The van der Waals surface area contributed by atoms with Crippen LogP contribution in [0, 0.1) is 13.8 Å². The summed E-state index contributed by atoms with van der Waals surface area (Å²) in [5, 5.41) is 16.8. The lowest BCUT2D eigenvalue weighted by Crippen LogP contribution is -2.42. The number of aryl methyl sites for hydroxylation is 2. The topological polar surface area (TPSA) is 116 Å². The lowest BCUT2D eigenvalue weighted by Gasteiger charge is -2.28. The average Bonchev–Trinajstić information content (AvgIpc) is 3.56. The molecule has 0 bridgehead atoms. The number of piperidine rings is 1. The van der Waals surface area contributed by atoms with Gasteiger partial charge in [-0.1, -0.05) is 46.8 Å². The normalized spacial score (nSPS) is 17.0. The molecule has 0 radical (unpaired) electrons. The van der Waals surface area contributed by atoms with E-state index in [9.17, 15) is 13.2 Å². The standard InChI is InChI=1S/C27H27N7O3S/c1-4-38(36,37)32-15-21(13-23-17-33(30-28-23)25-11-7-5-9-19(25)2)27(35)22(16-32)14-24-18-34(31-29-24)26-12-8-6-10-20(26)3/h5-14,17-18H,4,15-16H2,1-3H3. The van der Waals surface area contributed by atoms with Crippen molar-refractivity contribution in [2.45, 2.75) is 20.8 Å². The second-order valence-corrected chi connectivity index (χ2v) is 11.3. The van der Waals surface area contributed by atoms with E-state index in [1.165, 1.54) is 4.31 Å². The van der Waals surface area contributed by atoms with Gasteiger partial charge in [-0.15, -0.1) is 10.2 Å². The Morgan fingerprint density at radius 1 is 0.789 bits per heavy atom. The van der Waals surface area contributed by atoms with E-state index >= 15 is 0 Å². The summed E-state index contributed by atoms with van der Waals surface area (Å²) in [7, 11) is -3.56. The molecule has 1 saturated heterocycles. The number of carbonyl (C=O) groups is 1. The third kappa shape index (κ3) is 5.11. The van der Waals surface area contributed by atoms with Gasteiger partial charge in [0.05, 0.1) is 29.5 Å². The van der Waals surface area contributed by atoms with Gasteiger partial charge in [-0.2, -0.15) is 4.31 Å². The Morgan fingerprint density at radius 3 is 1.66 bits per heavy atom. The van der Waals surface area contributed by atoms with Gasteiger partial charge < -0.3 is 0 Å². The maximum atomic E-state index is 13.5. The van der Waals surface area contributed by atoms with Crippen LogP contribution in [0.2, 0.25) is 0 Å². The van der Waals surface area contributed by atoms with Gasteiger partial charge in [0.1, 0.15) is 11.4 Å². The Morgan fingerprint density at radius 2 is 1.24 bits per heavy atom. The third-order valence-electron chi connectivity index (χ3n) is 6.43. The van der Waals surface area contributed by atoms with Crippen molar-refractivity contribution in [2.75, 3.05) is 18.8 Å². The molecule has 2 aromatic heterocycles. The van der Waals surface area contributed by atoms with Crippen LogP contribution >= 0.6 is 0 Å². The minimum absolute atomic E-state index is 0.0422. The number of benzene rings is 2. The van der Waals surface area contributed by atoms with Gasteiger partial charge in [-0.05, 0) is 56.2 Å². The van der Waals surface area contributed by atoms with Crippen LogP contribution in [-0.4, -0.2) is 67.3 Å². The fourth-order valence-corrected chi connectivity index (χ4v) is 5.34. The molecule has 4 aromatic rings. The molecule has 2 aromatic carbocycles. The molecular formula is C27H27N7O3S. The molecule has 0 aliphatic carbocycles. The van der Waals surface area contributed by atoms with Gasteiger partial charge >= 0.3 is 0 Å². The van der Waals surface area contributed by atoms with Gasteiger partial charge in [0.25, 0.3) is 0 Å². The Hall–Kier alpha value is -4.22. The Bertz CT molecular complexity index is 1580. The summed E-state index contributed by atoms with van der Waals surface area (Å²) in [6.45, 7) is 5.44. The van der Waals surface area contributed by atoms with Crippen LogP contribution in [0.3, 0.4) is 0 Å². The molecule has 194 valence electrons. The SMILES string of the molecule is CCS(=O)(=O)N1CC(=Cc2cn(-c3ccccc3C)nn2)C(=O)C(=Cc2cn(-c3ccccc3C)nn2)C1.